The Morgan fingerprint density at radius 1 is 0.897 bits per heavy atom. The standard InChI is InChI=1S/C23H21N3O2S/c1-15-9-11-17(12-10-15)29-21-14-20-19(25(2)23(28)26(20)3)13-18(21)24-22(27)16-7-5-4-6-8-16/h4-14H,1-3H3,(H,24,27). The summed E-state index contributed by atoms with van der Waals surface area (Å²) < 4.78 is 3.21. The number of rotatable bonds is 4. The minimum Gasteiger partial charge on any atom is -0.321 e. The third-order valence-electron chi connectivity index (χ3n) is 4.91. The normalized spacial score (nSPS) is 11.0. The van der Waals surface area contributed by atoms with Gasteiger partial charge in [-0.25, -0.2) is 4.79 Å². The zero-order valence-electron chi connectivity index (χ0n) is 16.5. The first-order valence-corrected chi connectivity index (χ1v) is 10.1. The Hall–Kier alpha value is -3.25. The number of benzene rings is 3. The Bertz CT molecular complexity index is 1260. The number of nitrogens with one attached hydrogen (secondary N) is 1. The van der Waals surface area contributed by atoms with E-state index >= 15 is 0 Å². The van der Waals surface area contributed by atoms with Crippen molar-refractivity contribution >= 4 is 34.4 Å². The molecule has 0 spiro atoms. The molecule has 5 nitrogen and oxygen atoms in total. The van der Waals surface area contributed by atoms with E-state index in [2.05, 4.69) is 29.6 Å². The van der Waals surface area contributed by atoms with Gasteiger partial charge in [0.05, 0.1) is 16.7 Å². The van der Waals surface area contributed by atoms with E-state index in [-0.39, 0.29) is 11.6 Å². The van der Waals surface area contributed by atoms with E-state index in [1.54, 1.807) is 47.1 Å². The van der Waals surface area contributed by atoms with Crippen LogP contribution in [0.15, 0.2) is 81.3 Å². The van der Waals surface area contributed by atoms with Crippen molar-refractivity contribution in [3.8, 4) is 0 Å². The minimum absolute atomic E-state index is 0.0992. The van der Waals surface area contributed by atoms with E-state index in [4.69, 9.17) is 0 Å². The van der Waals surface area contributed by atoms with Crippen LogP contribution in [0.1, 0.15) is 15.9 Å². The van der Waals surface area contributed by atoms with E-state index in [0.717, 1.165) is 20.8 Å². The van der Waals surface area contributed by atoms with E-state index < -0.39 is 0 Å². The molecule has 0 saturated heterocycles. The zero-order chi connectivity index (χ0) is 20.5. The second kappa shape index (κ2) is 7.64. The van der Waals surface area contributed by atoms with Gasteiger partial charge in [0.2, 0.25) is 0 Å². The molecule has 0 aliphatic carbocycles. The second-order valence-electron chi connectivity index (χ2n) is 6.97. The molecule has 0 unspecified atom stereocenters. The largest absolute Gasteiger partial charge is 0.328 e. The number of nitrogens with zero attached hydrogens (tertiary/aromatic N) is 2. The van der Waals surface area contributed by atoms with Crippen LogP contribution in [0.4, 0.5) is 5.69 Å². The summed E-state index contributed by atoms with van der Waals surface area (Å²) in [5.41, 5.74) is 3.95. The summed E-state index contributed by atoms with van der Waals surface area (Å²) in [6, 6.07) is 21.1. The number of hydrogen-bond donors (Lipinski definition) is 1. The van der Waals surface area contributed by atoms with Crippen LogP contribution < -0.4 is 11.0 Å². The summed E-state index contributed by atoms with van der Waals surface area (Å²) in [5.74, 6) is -0.184. The van der Waals surface area contributed by atoms with Crippen LogP contribution in [-0.4, -0.2) is 15.0 Å². The highest BCUT2D eigenvalue weighted by molar-refractivity contribution is 7.99. The molecule has 29 heavy (non-hydrogen) atoms. The Morgan fingerprint density at radius 3 is 2.17 bits per heavy atom. The van der Waals surface area contributed by atoms with E-state index in [1.807, 2.05) is 37.3 Å². The quantitative estimate of drug-likeness (QED) is 0.542. The summed E-state index contributed by atoms with van der Waals surface area (Å²) in [4.78, 5) is 27.1. The fourth-order valence-electron chi connectivity index (χ4n) is 3.23. The molecule has 146 valence electrons. The molecular weight excluding hydrogens is 382 g/mol. The lowest BCUT2D eigenvalue weighted by Crippen LogP contribution is -2.19. The number of anilines is 1. The van der Waals surface area contributed by atoms with Crippen LogP contribution in [0.25, 0.3) is 11.0 Å². The average molecular weight is 404 g/mol. The number of carbonyl (C=O) groups is 1. The van der Waals surface area contributed by atoms with Crippen molar-refractivity contribution in [2.45, 2.75) is 16.7 Å². The lowest BCUT2D eigenvalue weighted by Gasteiger charge is -2.12. The van der Waals surface area contributed by atoms with Gasteiger partial charge >= 0.3 is 5.69 Å². The number of fused-ring (bicyclic) bond motifs is 1. The first-order chi connectivity index (χ1) is 13.9. The van der Waals surface area contributed by atoms with Gasteiger partial charge in [-0.2, -0.15) is 0 Å². The molecule has 1 heterocycles. The van der Waals surface area contributed by atoms with E-state index in [0.29, 0.717) is 11.3 Å². The molecule has 0 saturated carbocycles. The third-order valence-corrected chi connectivity index (χ3v) is 5.97. The second-order valence-corrected chi connectivity index (χ2v) is 8.09. The number of aryl methyl sites for hydroxylation is 3. The van der Waals surface area contributed by atoms with Gasteiger partial charge < -0.3 is 5.32 Å². The van der Waals surface area contributed by atoms with E-state index in [1.165, 1.54) is 5.56 Å². The van der Waals surface area contributed by atoms with Gasteiger partial charge in [-0.15, -0.1) is 0 Å². The summed E-state index contributed by atoms with van der Waals surface area (Å²) >= 11 is 1.56. The molecule has 0 aliphatic heterocycles. The molecule has 6 heteroatoms. The summed E-state index contributed by atoms with van der Waals surface area (Å²) in [6.45, 7) is 2.05. The molecule has 0 radical (unpaired) electrons. The van der Waals surface area contributed by atoms with E-state index in [9.17, 15) is 9.59 Å². The van der Waals surface area contributed by atoms with Crippen molar-refractivity contribution in [2.24, 2.45) is 14.1 Å². The van der Waals surface area contributed by atoms with Crippen LogP contribution in [0.5, 0.6) is 0 Å². The zero-order valence-corrected chi connectivity index (χ0v) is 17.3. The molecule has 0 fully saturated rings. The number of imidazole rings is 1. The van der Waals surface area contributed by atoms with Crippen LogP contribution in [0.3, 0.4) is 0 Å². The van der Waals surface area contributed by atoms with Gasteiger partial charge in [0.15, 0.2) is 0 Å². The predicted octanol–water partition coefficient (Wildman–Crippen LogP) is 4.59. The van der Waals surface area contributed by atoms with Gasteiger partial charge in [0, 0.05) is 29.4 Å². The van der Waals surface area contributed by atoms with Gasteiger partial charge in [0.1, 0.15) is 0 Å². The Labute approximate surface area is 173 Å². The van der Waals surface area contributed by atoms with Crippen LogP contribution in [-0.2, 0) is 14.1 Å². The van der Waals surface area contributed by atoms with Crippen molar-refractivity contribution < 1.29 is 4.79 Å². The first-order valence-electron chi connectivity index (χ1n) is 9.24. The number of amides is 1. The Kier molecular flexibility index (Phi) is 5.03. The summed E-state index contributed by atoms with van der Waals surface area (Å²) in [7, 11) is 3.49. The maximum absolute atomic E-state index is 12.8. The maximum Gasteiger partial charge on any atom is 0.328 e. The first kappa shape index (κ1) is 19.1. The Morgan fingerprint density at radius 2 is 1.52 bits per heavy atom. The minimum atomic E-state index is -0.184. The van der Waals surface area contributed by atoms with Crippen molar-refractivity contribution in [1.82, 2.24) is 9.13 Å². The molecule has 4 aromatic rings. The molecule has 0 atom stereocenters. The van der Waals surface area contributed by atoms with Gasteiger partial charge in [0.25, 0.3) is 5.91 Å². The van der Waals surface area contributed by atoms with Crippen LogP contribution in [0.2, 0.25) is 0 Å². The number of hydrogen-bond acceptors (Lipinski definition) is 3. The van der Waals surface area contributed by atoms with Crippen molar-refractivity contribution in [2.75, 3.05) is 5.32 Å². The molecule has 1 aromatic heterocycles. The highest BCUT2D eigenvalue weighted by atomic mass is 32.2. The molecule has 4 rings (SSSR count). The lowest BCUT2D eigenvalue weighted by atomic mass is 10.2. The number of carbonyl (C=O) groups excluding carboxylic acids is 1. The lowest BCUT2D eigenvalue weighted by molar-refractivity contribution is 0.102. The van der Waals surface area contributed by atoms with Crippen LogP contribution >= 0.6 is 11.8 Å². The molecule has 0 aliphatic rings. The molecule has 0 bridgehead atoms. The average Bonchev–Trinajstić information content (AvgIpc) is 2.94. The van der Waals surface area contributed by atoms with Crippen LogP contribution in [0, 0.1) is 6.92 Å². The van der Waals surface area contributed by atoms with Crippen molar-refractivity contribution in [3.05, 3.63) is 88.3 Å². The van der Waals surface area contributed by atoms with Gasteiger partial charge in [-0.05, 0) is 43.3 Å². The van der Waals surface area contributed by atoms with Crippen molar-refractivity contribution in [3.63, 3.8) is 0 Å². The summed E-state index contributed by atoms with van der Waals surface area (Å²) in [6.07, 6.45) is 0. The maximum atomic E-state index is 12.8. The number of aromatic nitrogens is 2. The fourth-order valence-corrected chi connectivity index (χ4v) is 4.14. The molecule has 1 N–H and O–H groups in total. The van der Waals surface area contributed by atoms with Gasteiger partial charge in [-0.3, -0.25) is 13.9 Å². The third kappa shape index (κ3) is 3.71. The monoisotopic (exact) mass is 403 g/mol. The van der Waals surface area contributed by atoms with Crippen molar-refractivity contribution in [1.29, 1.82) is 0 Å². The topological polar surface area (TPSA) is 56.0 Å². The Balaban J connectivity index is 1.81. The SMILES string of the molecule is Cc1ccc(Sc2cc3c(cc2NC(=O)c2ccccc2)n(C)c(=O)n3C)cc1. The van der Waals surface area contributed by atoms with Gasteiger partial charge in [-0.1, -0.05) is 47.7 Å². The summed E-state index contributed by atoms with van der Waals surface area (Å²) in [5, 5.41) is 3.02. The predicted molar refractivity (Wildman–Crippen MR) is 118 cm³/mol. The molecule has 1 amide bonds. The highest BCUT2D eigenvalue weighted by Crippen LogP contribution is 2.36. The molecular formula is C23H21N3O2S. The highest BCUT2D eigenvalue weighted by Gasteiger charge is 2.16. The smallest absolute Gasteiger partial charge is 0.321 e. The fraction of sp³-hybridized carbons (Fsp3) is 0.130. The molecule has 3 aromatic carbocycles.